The molecule has 0 radical (unpaired) electrons. The molecule has 2 atom stereocenters. The summed E-state index contributed by atoms with van der Waals surface area (Å²) in [5.41, 5.74) is 4.25. The van der Waals surface area contributed by atoms with Crippen LogP contribution in [0.15, 0.2) is 59.6 Å². The molecule has 4 heterocycles. The minimum Gasteiger partial charge on any atom is -0.324 e. The van der Waals surface area contributed by atoms with Gasteiger partial charge in [-0.1, -0.05) is 24.3 Å². The van der Waals surface area contributed by atoms with Gasteiger partial charge in [0.2, 0.25) is 0 Å². The molecule has 0 aromatic heterocycles. The fourth-order valence-electron chi connectivity index (χ4n) is 3.64. The molecule has 4 rings (SSSR count). The average molecular weight is 252 g/mol. The van der Waals surface area contributed by atoms with Crippen LogP contribution in [0.2, 0.25) is 0 Å². The highest BCUT2D eigenvalue weighted by molar-refractivity contribution is 5.48. The maximum Gasteiger partial charge on any atom is 0.0412 e. The average Bonchev–Trinajstić information content (AvgIpc) is 2.68. The van der Waals surface area contributed by atoms with Crippen LogP contribution in [0.25, 0.3) is 0 Å². The first-order valence-electron chi connectivity index (χ1n) is 7.29. The van der Waals surface area contributed by atoms with Crippen LogP contribution < -0.4 is 0 Å². The van der Waals surface area contributed by atoms with Gasteiger partial charge in [-0.05, 0) is 50.0 Å². The summed E-state index contributed by atoms with van der Waals surface area (Å²) in [4.78, 5) is 4.79. The van der Waals surface area contributed by atoms with Crippen molar-refractivity contribution in [1.82, 2.24) is 9.80 Å². The van der Waals surface area contributed by atoms with E-state index < -0.39 is 0 Å². The lowest BCUT2D eigenvalue weighted by Crippen LogP contribution is -2.35. The van der Waals surface area contributed by atoms with E-state index in [2.05, 4.69) is 59.6 Å². The highest BCUT2D eigenvalue weighted by Crippen LogP contribution is 2.37. The molecule has 0 aromatic rings. The Morgan fingerprint density at radius 1 is 1.21 bits per heavy atom. The van der Waals surface area contributed by atoms with E-state index in [-0.39, 0.29) is 0 Å². The number of rotatable bonds is 1. The molecule has 0 amide bonds. The first-order chi connectivity index (χ1) is 9.31. The van der Waals surface area contributed by atoms with Crippen LogP contribution in [0.5, 0.6) is 0 Å². The molecule has 19 heavy (non-hydrogen) atoms. The predicted molar refractivity (Wildman–Crippen MR) is 78.2 cm³/mol. The van der Waals surface area contributed by atoms with Crippen LogP contribution in [0.3, 0.4) is 0 Å². The van der Waals surface area contributed by atoms with E-state index in [1.54, 1.807) is 5.57 Å². The van der Waals surface area contributed by atoms with Crippen molar-refractivity contribution in [2.24, 2.45) is 0 Å². The fourth-order valence-corrected chi connectivity index (χ4v) is 3.64. The summed E-state index contributed by atoms with van der Waals surface area (Å²) in [6.45, 7) is 0. The molecule has 0 N–H and O–H groups in total. The van der Waals surface area contributed by atoms with E-state index in [1.807, 2.05) is 0 Å². The third-order valence-electron chi connectivity index (χ3n) is 4.85. The van der Waals surface area contributed by atoms with Crippen molar-refractivity contribution in [2.75, 3.05) is 7.05 Å². The van der Waals surface area contributed by atoms with Gasteiger partial charge < -0.3 is 4.90 Å². The van der Waals surface area contributed by atoms with Crippen molar-refractivity contribution in [1.29, 1.82) is 0 Å². The van der Waals surface area contributed by atoms with Crippen LogP contribution in [-0.4, -0.2) is 28.9 Å². The molecule has 0 saturated carbocycles. The van der Waals surface area contributed by atoms with Gasteiger partial charge >= 0.3 is 0 Å². The molecular weight excluding hydrogens is 232 g/mol. The van der Waals surface area contributed by atoms with Crippen LogP contribution in [-0.2, 0) is 0 Å². The maximum atomic E-state index is 2.54. The maximum absolute atomic E-state index is 2.54. The molecule has 0 spiro atoms. The molecule has 4 aliphatic rings. The van der Waals surface area contributed by atoms with Gasteiger partial charge in [-0.3, -0.25) is 4.90 Å². The largest absolute Gasteiger partial charge is 0.324 e. The molecule has 2 unspecified atom stereocenters. The molecule has 0 aromatic carbocycles. The first-order valence-corrected chi connectivity index (χ1v) is 7.29. The Labute approximate surface area is 115 Å². The van der Waals surface area contributed by atoms with Crippen LogP contribution in [0, 0.1) is 0 Å². The Morgan fingerprint density at radius 3 is 3.05 bits per heavy atom. The van der Waals surface area contributed by atoms with Gasteiger partial charge in [0, 0.05) is 30.2 Å². The molecule has 98 valence electrons. The standard InChI is InChI=1S/C17H20N2/c1-18-16-7-8-17(18)11-14(10-16)13-5-6-15-4-2-3-9-19(15)12-13/h3-6,9-10,12,16-17H,2,7-8,11H2,1H3. The molecule has 0 aliphatic carbocycles. The summed E-state index contributed by atoms with van der Waals surface area (Å²) >= 11 is 0. The molecule has 1 saturated heterocycles. The zero-order chi connectivity index (χ0) is 12.8. The van der Waals surface area contributed by atoms with Crippen molar-refractivity contribution in [2.45, 2.75) is 37.8 Å². The lowest BCUT2D eigenvalue weighted by Gasteiger charge is -2.32. The van der Waals surface area contributed by atoms with Crippen molar-refractivity contribution >= 4 is 0 Å². The summed E-state index contributed by atoms with van der Waals surface area (Å²) in [6.07, 6.45) is 20.9. The van der Waals surface area contributed by atoms with Crippen LogP contribution >= 0.6 is 0 Å². The normalized spacial score (nSPS) is 32.9. The summed E-state index contributed by atoms with van der Waals surface area (Å²) < 4.78 is 0. The Bertz CT molecular complexity index is 548. The van der Waals surface area contributed by atoms with Gasteiger partial charge in [0.15, 0.2) is 0 Å². The number of allylic oxidation sites excluding steroid dienone is 5. The van der Waals surface area contributed by atoms with Gasteiger partial charge in [0.05, 0.1) is 0 Å². The second kappa shape index (κ2) is 4.24. The third-order valence-corrected chi connectivity index (χ3v) is 4.85. The summed E-state index contributed by atoms with van der Waals surface area (Å²) in [7, 11) is 2.27. The van der Waals surface area contributed by atoms with E-state index in [0.717, 1.165) is 12.5 Å². The first kappa shape index (κ1) is 11.3. The van der Waals surface area contributed by atoms with Crippen molar-refractivity contribution < 1.29 is 0 Å². The minimum atomic E-state index is 0.664. The molecule has 1 fully saturated rings. The van der Waals surface area contributed by atoms with Gasteiger partial charge in [-0.25, -0.2) is 0 Å². The number of likely N-dealkylation sites (N-methyl/N-ethyl adjacent to an activating group) is 1. The Hall–Kier alpha value is -1.54. The van der Waals surface area contributed by atoms with Crippen molar-refractivity contribution in [3.05, 3.63) is 59.6 Å². The monoisotopic (exact) mass is 252 g/mol. The van der Waals surface area contributed by atoms with E-state index in [1.165, 1.54) is 30.5 Å². The zero-order valence-corrected chi connectivity index (χ0v) is 11.4. The van der Waals surface area contributed by atoms with E-state index in [9.17, 15) is 0 Å². The van der Waals surface area contributed by atoms with Crippen molar-refractivity contribution in [3.8, 4) is 0 Å². The highest BCUT2D eigenvalue weighted by Gasteiger charge is 2.34. The molecule has 2 bridgehead atoms. The van der Waals surface area contributed by atoms with Gasteiger partial charge in [-0.15, -0.1) is 0 Å². The zero-order valence-electron chi connectivity index (χ0n) is 11.4. The fraction of sp³-hybridized carbons (Fsp3) is 0.412. The molecular formula is C17H20N2. The van der Waals surface area contributed by atoms with Crippen LogP contribution in [0.1, 0.15) is 25.7 Å². The summed E-state index contributed by atoms with van der Waals surface area (Å²) in [6, 6.07) is 1.42. The smallest absolute Gasteiger partial charge is 0.0412 e. The summed E-state index contributed by atoms with van der Waals surface area (Å²) in [5.74, 6) is 0. The second-order valence-electron chi connectivity index (χ2n) is 5.93. The van der Waals surface area contributed by atoms with Gasteiger partial charge in [0.25, 0.3) is 0 Å². The number of fused-ring (bicyclic) bond motifs is 3. The summed E-state index contributed by atoms with van der Waals surface area (Å²) in [5, 5.41) is 0. The minimum absolute atomic E-state index is 0.664. The van der Waals surface area contributed by atoms with Crippen molar-refractivity contribution in [3.63, 3.8) is 0 Å². The lowest BCUT2D eigenvalue weighted by molar-refractivity contribution is 0.256. The van der Waals surface area contributed by atoms with E-state index in [0.29, 0.717) is 6.04 Å². The van der Waals surface area contributed by atoms with Crippen LogP contribution in [0.4, 0.5) is 0 Å². The molecule has 4 aliphatic heterocycles. The van der Waals surface area contributed by atoms with Gasteiger partial charge in [-0.2, -0.15) is 0 Å². The SMILES string of the molecule is CN1C2C=C(C3=CN4C=CCC=C4C=C3)CC1CC2. The lowest BCUT2D eigenvalue weighted by atomic mass is 9.93. The number of hydrogen-bond acceptors (Lipinski definition) is 2. The van der Waals surface area contributed by atoms with E-state index in [4.69, 9.17) is 0 Å². The number of nitrogens with zero attached hydrogens (tertiary/aromatic N) is 2. The quantitative estimate of drug-likeness (QED) is 0.706. The third kappa shape index (κ3) is 1.82. The Kier molecular flexibility index (Phi) is 2.52. The molecule has 2 heteroatoms. The Morgan fingerprint density at radius 2 is 2.16 bits per heavy atom. The Balaban J connectivity index is 1.64. The predicted octanol–water partition coefficient (Wildman–Crippen LogP) is 3.34. The second-order valence-corrected chi connectivity index (χ2v) is 5.93. The highest BCUT2D eigenvalue weighted by atomic mass is 15.2. The molecule has 2 nitrogen and oxygen atoms in total. The topological polar surface area (TPSA) is 6.48 Å². The van der Waals surface area contributed by atoms with Gasteiger partial charge in [0.1, 0.15) is 0 Å². The van der Waals surface area contributed by atoms with E-state index >= 15 is 0 Å². The number of hydrogen-bond donors (Lipinski definition) is 0.